The van der Waals surface area contributed by atoms with Crippen molar-refractivity contribution in [3.05, 3.63) is 71.0 Å². The number of methoxy groups -OCH3 is 2. The third-order valence-electron chi connectivity index (χ3n) is 7.06. The summed E-state index contributed by atoms with van der Waals surface area (Å²) in [7, 11) is 2.90. The summed E-state index contributed by atoms with van der Waals surface area (Å²) in [5, 5.41) is 10.5. The van der Waals surface area contributed by atoms with E-state index in [1.54, 1.807) is 24.3 Å². The Kier molecular flexibility index (Phi) is 5.28. The Bertz CT molecular complexity index is 1310. The maximum absolute atomic E-state index is 13.5. The van der Waals surface area contributed by atoms with Gasteiger partial charge in [0.2, 0.25) is 12.5 Å². The topological polar surface area (TPSA) is 92.7 Å². The zero-order chi connectivity index (χ0) is 25.0. The number of esters is 1. The highest BCUT2D eigenvalue weighted by atomic mass is 19.1. The molecule has 0 saturated carbocycles. The van der Waals surface area contributed by atoms with Gasteiger partial charge in [0, 0.05) is 17.4 Å². The van der Waals surface area contributed by atoms with Crippen LogP contribution in [0.4, 0.5) is 4.39 Å². The van der Waals surface area contributed by atoms with E-state index in [1.165, 1.54) is 26.4 Å². The van der Waals surface area contributed by atoms with E-state index in [0.717, 1.165) is 11.1 Å². The normalized spacial score (nSPS) is 23.5. The van der Waals surface area contributed by atoms with Crippen molar-refractivity contribution in [2.45, 2.75) is 12.0 Å². The minimum atomic E-state index is -0.595. The second kappa shape index (κ2) is 8.51. The summed E-state index contributed by atoms with van der Waals surface area (Å²) in [5.74, 6) is -0.220. The molecular formula is C27H23FO8. The Balaban J connectivity index is 1.55. The van der Waals surface area contributed by atoms with Gasteiger partial charge in [0.15, 0.2) is 23.0 Å². The Morgan fingerprint density at radius 1 is 0.917 bits per heavy atom. The third kappa shape index (κ3) is 3.45. The van der Waals surface area contributed by atoms with Gasteiger partial charge in [-0.3, -0.25) is 4.79 Å². The average Bonchev–Trinajstić information content (AvgIpc) is 3.51. The lowest BCUT2D eigenvalue weighted by Gasteiger charge is -2.39. The second-order valence-electron chi connectivity index (χ2n) is 8.90. The monoisotopic (exact) mass is 494 g/mol. The van der Waals surface area contributed by atoms with Gasteiger partial charge < -0.3 is 33.5 Å². The maximum atomic E-state index is 13.5. The highest BCUT2D eigenvalue weighted by molar-refractivity contribution is 5.79. The molecule has 2 aliphatic heterocycles. The van der Waals surface area contributed by atoms with Gasteiger partial charge in [-0.15, -0.1) is 0 Å². The van der Waals surface area contributed by atoms with Crippen LogP contribution in [-0.2, 0) is 9.53 Å². The van der Waals surface area contributed by atoms with Crippen molar-refractivity contribution in [3.63, 3.8) is 0 Å². The molecule has 0 spiro atoms. The van der Waals surface area contributed by atoms with Crippen LogP contribution in [0.5, 0.6) is 34.5 Å². The predicted molar refractivity (Wildman–Crippen MR) is 123 cm³/mol. The molecule has 4 atom stereocenters. The molecule has 3 aromatic rings. The Morgan fingerprint density at radius 3 is 2.19 bits per heavy atom. The minimum Gasteiger partial charge on any atom is -0.502 e. The molecule has 3 aliphatic rings. The number of phenolic OH excluding ortho intramolecular Hbond substituents is 1. The van der Waals surface area contributed by atoms with Crippen LogP contribution in [0, 0.1) is 17.7 Å². The molecule has 8 nitrogen and oxygen atoms in total. The molecule has 6 rings (SSSR count). The lowest BCUT2D eigenvalue weighted by Crippen LogP contribution is -2.37. The van der Waals surface area contributed by atoms with Crippen LogP contribution < -0.4 is 23.7 Å². The summed E-state index contributed by atoms with van der Waals surface area (Å²) in [5.41, 5.74) is 2.30. The molecule has 1 aliphatic carbocycles. The first kappa shape index (κ1) is 22.3. The summed E-state index contributed by atoms with van der Waals surface area (Å²) >= 11 is 0. The number of aromatic hydroxyl groups is 1. The van der Waals surface area contributed by atoms with Crippen LogP contribution in [-0.4, -0.2) is 38.7 Å². The molecule has 3 aromatic carbocycles. The van der Waals surface area contributed by atoms with Crippen molar-refractivity contribution >= 4 is 5.97 Å². The summed E-state index contributed by atoms with van der Waals surface area (Å²) in [4.78, 5) is 13.2. The summed E-state index contributed by atoms with van der Waals surface area (Å²) in [6.07, 6.45) is -0.562. The van der Waals surface area contributed by atoms with Crippen LogP contribution >= 0.6 is 0 Å². The van der Waals surface area contributed by atoms with Gasteiger partial charge in [-0.2, -0.15) is 0 Å². The number of hydrogen-bond donors (Lipinski definition) is 1. The van der Waals surface area contributed by atoms with Crippen LogP contribution in [0.15, 0.2) is 48.5 Å². The van der Waals surface area contributed by atoms with Gasteiger partial charge in [0.1, 0.15) is 17.7 Å². The quantitative estimate of drug-likeness (QED) is 0.524. The lowest BCUT2D eigenvalue weighted by atomic mass is 9.66. The predicted octanol–water partition coefficient (Wildman–Crippen LogP) is 4.33. The first-order chi connectivity index (χ1) is 17.5. The molecule has 1 fully saturated rings. The molecule has 0 aromatic heterocycles. The molecule has 9 heteroatoms. The first-order valence-electron chi connectivity index (χ1n) is 11.5. The van der Waals surface area contributed by atoms with Crippen LogP contribution in [0.3, 0.4) is 0 Å². The SMILES string of the molecule is COc1cc(C2c3cc4c(cc3[C@@H](Oc3ccc(F)cc3)C3COC(=O)[C@H]23)OCO4)cc(OC)c1O. The van der Waals surface area contributed by atoms with Crippen molar-refractivity contribution in [2.75, 3.05) is 27.6 Å². The number of carbonyl (C=O) groups excluding carboxylic acids is 1. The minimum absolute atomic E-state index is 0.0854. The summed E-state index contributed by atoms with van der Waals surface area (Å²) in [6.45, 7) is 0.244. The maximum Gasteiger partial charge on any atom is 0.310 e. The number of ether oxygens (including phenoxy) is 6. The van der Waals surface area contributed by atoms with Gasteiger partial charge in [-0.05, 0) is 59.7 Å². The smallest absolute Gasteiger partial charge is 0.310 e. The fourth-order valence-electron chi connectivity index (χ4n) is 5.42. The number of rotatable bonds is 5. The van der Waals surface area contributed by atoms with E-state index in [2.05, 4.69) is 0 Å². The van der Waals surface area contributed by atoms with E-state index in [1.807, 2.05) is 12.1 Å². The number of carbonyl (C=O) groups is 1. The van der Waals surface area contributed by atoms with Gasteiger partial charge in [-0.25, -0.2) is 4.39 Å². The van der Waals surface area contributed by atoms with Crippen molar-refractivity contribution < 1.29 is 42.7 Å². The fourth-order valence-corrected chi connectivity index (χ4v) is 5.42. The van der Waals surface area contributed by atoms with Gasteiger partial charge in [0.05, 0.1) is 26.7 Å². The summed E-state index contributed by atoms with van der Waals surface area (Å²) < 4.78 is 47.5. The Hall–Kier alpha value is -4.14. The molecule has 0 radical (unpaired) electrons. The zero-order valence-corrected chi connectivity index (χ0v) is 19.5. The summed E-state index contributed by atoms with van der Waals surface area (Å²) in [6, 6.07) is 12.9. The van der Waals surface area contributed by atoms with Gasteiger partial charge in [0.25, 0.3) is 0 Å². The number of fused-ring (bicyclic) bond motifs is 3. The number of cyclic esters (lactones) is 1. The van der Waals surface area contributed by atoms with E-state index in [-0.39, 0.29) is 48.4 Å². The van der Waals surface area contributed by atoms with Crippen molar-refractivity contribution in [2.24, 2.45) is 11.8 Å². The third-order valence-corrected chi connectivity index (χ3v) is 7.06. The first-order valence-corrected chi connectivity index (χ1v) is 11.5. The van der Waals surface area contributed by atoms with Crippen LogP contribution in [0.2, 0.25) is 0 Å². The molecule has 0 amide bonds. The molecule has 2 heterocycles. The molecule has 1 N–H and O–H groups in total. The Labute approximate surface area is 206 Å². The average molecular weight is 494 g/mol. The van der Waals surface area contributed by atoms with E-state index in [0.29, 0.717) is 22.8 Å². The molecule has 0 bridgehead atoms. The van der Waals surface area contributed by atoms with E-state index >= 15 is 0 Å². The lowest BCUT2D eigenvalue weighted by molar-refractivity contribution is -0.141. The fraction of sp³-hybridized carbons (Fsp3) is 0.296. The highest BCUT2D eigenvalue weighted by Gasteiger charge is 2.53. The molecule has 1 saturated heterocycles. The Morgan fingerprint density at radius 2 is 1.56 bits per heavy atom. The number of benzene rings is 3. The van der Waals surface area contributed by atoms with E-state index < -0.39 is 17.9 Å². The van der Waals surface area contributed by atoms with Crippen molar-refractivity contribution in [1.29, 1.82) is 0 Å². The molecule has 36 heavy (non-hydrogen) atoms. The molecular weight excluding hydrogens is 471 g/mol. The zero-order valence-electron chi connectivity index (χ0n) is 19.5. The highest BCUT2D eigenvalue weighted by Crippen LogP contribution is 2.56. The van der Waals surface area contributed by atoms with Crippen LogP contribution in [0.1, 0.15) is 28.7 Å². The number of phenols is 1. The van der Waals surface area contributed by atoms with E-state index in [4.69, 9.17) is 28.4 Å². The largest absolute Gasteiger partial charge is 0.502 e. The van der Waals surface area contributed by atoms with Gasteiger partial charge in [-0.1, -0.05) is 0 Å². The number of halogens is 1. The standard InChI is InChI=1S/C27H23FO8/c1-31-21-7-13(8-22(32-2)25(21)29)23-16-9-19-20(35-12-34-19)10-17(16)26(18-11-33-27(30)24(18)23)36-15-5-3-14(28)4-6-15/h3-10,18,23-24,26,29H,11-12H2,1-2H3/t18?,23?,24-,26+/m0/s1. The van der Waals surface area contributed by atoms with Crippen molar-refractivity contribution in [3.8, 4) is 34.5 Å². The van der Waals surface area contributed by atoms with E-state index in [9.17, 15) is 14.3 Å². The van der Waals surface area contributed by atoms with Gasteiger partial charge >= 0.3 is 5.97 Å². The molecule has 2 unspecified atom stereocenters. The second-order valence-corrected chi connectivity index (χ2v) is 8.90. The number of hydrogen-bond acceptors (Lipinski definition) is 8. The van der Waals surface area contributed by atoms with Crippen LogP contribution in [0.25, 0.3) is 0 Å². The van der Waals surface area contributed by atoms with Crippen molar-refractivity contribution in [1.82, 2.24) is 0 Å². The molecule has 186 valence electrons.